The maximum atomic E-state index is 12.0. The summed E-state index contributed by atoms with van der Waals surface area (Å²) in [5.41, 5.74) is 1.81. The Bertz CT molecular complexity index is 672. The fourth-order valence-electron chi connectivity index (χ4n) is 2.60. The second kappa shape index (κ2) is 8.37. The summed E-state index contributed by atoms with van der Waals surface area (Å²) in [7, 11) is 0. The number of benzene rings is 1. The van der Waals surface area contributed by atoms with Crippen LogP contribution in [0.2, 0.25) is 5.02 Å². The number of hydrogen-bond acceptors (Lipinski definition) is 5. The zero-order valence-electron chi connectivity index (χ0n) is 13.3. The van der Waals surface area contributed by atoms with Gasteiger partial charge in [0.05, 0.1) is 42.7 Å². The number of ether oxygens (including phenoxy) is 1. The molecule has 3 rings (SSSR count). The fraction of sp³-hybridized carbons (Fsp3) is 0.353. The molecule has 2 aromatic rings. The van der Waals surface area contributed by atoms with Gasteiger partial charge in [0.2, 0.25) is 5.91 Å². The highest BCUT2D eigenvalue weighted by Gasteiger charge is 2.18. The van der Waals surface area contributed by atoms with E-state index in [-0.39, 0.29) is 12.5 Å². The van der Waals surface area contributed by atoms with Gasteiger partial charge < -0.3 is 20.3 Å². The van der Waals surface area contributed by atoms with Crippen molar-refractivity contribution in [3.8, 4) is 0 Å². The van der Waals surface area contributed by atoms with Gasteiger partial charge in [0.25, 0.3) is 0 Å². The first-order chi connectivity index (χ1) is 11.7. The van der Waals surface area contributed by atoms with Crippen LogP contribution in [0.4, 0.5) is 11.4 Å². The van der Waals surface area contributed by atoms with E-state index in [0.29, 0.717) is 24.8 Å². The predicted octanol–water partition coefficient (Wildman–Crippen LogP) is 2.97. The maximum Gasteiger partial charge on any atom is 0.239 e. The lowest BCUT2D eigenvalue weighted by Crippen LogP contribution is -2.37. The molecule has 0 aliphatic carbocycles. The number of nitrogens with zero attached hydrogens (tertiary/aromatic N) is 1. The van der Waals surface area contributed by atoms with E-state index in [1.807, 2.05) is 35.7 Å². The Morgan fingerprint density at radius 1 is 1.25 bits per heavy atom. The molecule has 1 fully saturated rings. The minimum Gasteiger partial charge on any atom is -0.378 e. The Hall–Kier alpha value is -1.76. The first-order valence-electron chi connectivity index (χ1n) is 7.88. The van der Waals surface area contributed by atoms with Crippen LogP contribution in [0.3, 0.4) is 0 Å². The zero-order valence-corrected chi connectivity index (χ0v) is 14.8. The standard InChI is InChI=1S/C17H20ClN3O2S/c18-14-4-1-5-15(17(14)21-6-8-23-9-7-21)19-12-16(22)20-11-13-3-2-10-24-13/h1-5,10,19H,6-9,11-12H2,(H,20,22). The summed E-state index contributed by atoms with van der Waals surface area (Å²) in [5.74, 6) is -0.0451. The third-order valence-corrected chi connectivity index (χ3v) is 4.97. The van der Waals surface area contributed by atoms with Crippen LogP contribution in [0.15, 0.2) is 35.7 Å². The van der Waals surface area contributed by atoms with Gasteiger partial charge in [0, 0.05) is 18.0 Å². The molecule has 1 aliphatic heterocycles. The normalized spacial score (nSPS) is 14.5. The van der Waals surface area contributed by atoms with Gasteiger partial charge >= 0.3 is 0 Å². The molecule has 7 heteroatoms. The highest BCUT2D eigenvalue weighted by Crippen LogP contribution is 2.34. The molecule has 2 N–H and O–H groups in total. The Balaban J connectivity index is 1.60. The molecule has 1 aromatic heterocycles. The molecule has 0 radical (unpaired) electrons. The fourth-order valence-corrected chi connectivity index (χ4v) is 3.54. The highest BCUT2D eigenvalue weighted by atomic mass is 35.5. The summed E-state index contributed by atoms with van der Waals surface area (Å²) in [5, 5.41) is 8.80. The summed E-state index contributed by atoms with van der Waals surface area (Å²) in [6, 6.07) is 9.69. The lowest BCUT2D eigenvalue weighted by Gasteiger charge is -2.31. The van der Waals surface area contributed by atoms with E-state index in [4.69, 9.17) is 16.3 Å². The van der Waals surface area contributed by atoms with Crippen molar-refractivity contribution in [3.63, 3.8) is 0 Å². The molecule has 128 valence electrons. The maximum absolute atomic E-state index is 12.0. The van der Waals surface area contributed by atoms with Crippen LogP contribution in [0.5, 0.6) is 0 Å². The average molecular weight is 366 g/mol. The van der Waals surface area contributed by atoms with E-state index in [0.717, 1.165) is 29.3 Å². The molecule has 0 unspecified atom stereocenters. The first-order valence-corrected chi connectivity index (χ1v) is 9.14. The van der Waals surface area contributed by atoms with Crippen LogP contribution < -0.4 is 15.5 Å². The van der Waals surface area contributed by atoms with Crippen LogP contribution in [0.1, 0.15) is 4.88 Å². The highest BCUT2D eigenvalue weighted by molar-refractivity contribution is 7.09. The van der Waals surface area contributed by atoms with Crippen molar-refractivity contribution < 1.29 is 9.53 Å². The predicted molar refractivity (Wildman–Crippen MR) is 99.1 cm³/mol. The molecule has 1 saturated heterocycles. The van der Waals surface area contributed by atoms with Crippen molar-refractivity contribution in [1.82, 2.24) is 5.32 Å². The number of hydrogen-bond donors (Lipinski definition) is 2. The second-order valence-corrected chi connectivity index (χ2v) is 6.88. The SMILES string of the molecule is O=C(CNc1cccc(Cl)c1N1CCOCC1)NCc1cccs1. The Labute approximate surface area is 150 Å². The van der Waals surface area contributed by atoms with Gasteiger partial charge in [-0.3, -0.25) is 4.79 Å². The Kier molecular flexibility index (Phi) is 5.96. The van der Waals surface area contributed by atoms with Crippen molar-refractivity contribution in [2.75, 3.05) is 43.1 Å². The molecule has 5 nitrogen and oxygen atoms in total. The monoisotopic (exact) mass is 365 g/mol. The topological polar surface area (TPSA) is 53.6 Å². The summed E-state index contributed by atoms with van der Waals surface area (Å²) in [6.45, 7) is 3.73. The van der Waals surface area contributed by atoms with Gasteiger partial charge in [-0.05, 0) is 23.6 Å². The number of nitrogens with one attached hydrogen (secondary N) is 2. The van der Waals surface area contributed by atoms with Gasteiger partial charge in [0.15, 0.2) is 0 Å². The van der Waals surface area contributed by atoms with E-state index < -0.39 is 0 Å². The number of halogens is 1. The van der Waals surface area contributed by atoms with E-state index in [1.165, 1.54) is 0 Å². The minimum absolute atomic E-state index is 0.0451. The lowest BCUT2D eigenvalue weighted by molar-refractivity contribution is -0.119. The molecule has 0 saturated carbocycles. The number of rotatable bonds is 6. The number of para-hydroxylation sites is 1. The van der Waals surface area contributed by atoms with Gasteiger partial charge in [0.1, 0.15) is 0 Å². The van der Waals surface area contributed by atoms with Gasteiger partial charge in [-0.15, -0.1) is 11.3 Å². The molecule has 1 aliphatic rings. The molecule has 1 amide bonds. The Morgan fingerprint density at radius 3 is 2.83 bits per heavy atom. The molecule has 0 spiro atoms. The van der Waals surface area contributed by atoms with Crippen molar-refractivity contribution in [2.24, 2.45) is 0 Å². The minimum atomic E-state index is -0.0451. The van der Waals surface area contributed by atoms with E-state index in [1.54, 1.807) is 11.3 Å². The van der Waals surface area contributed by atoms with Crippen molar-refractivity contribution in [2.45, 2.75) is 6.54 Å². The number of carbonyl (C=O) groups is 1. The molecule has 0 bridgehead atoms. The second-order valence-electron chi connectivity index (χ2n) is 5.45. The number of carbonyl (C=O) groups excluding carboxylic acids is 1. The van der Waals surface area contributed by atoms with Gasteiger partial charge in [-0.25, -0.2) is 0 Å². The first kappa shape index (κ1) is 17.1. The molecule has 24 heavy (non-hydrogen) atoms. The quantitative estimate of drug-likeness (QED) is 0.826. The van der Waals surface area contributed by atoms with Gasteiger partial charge in [-0.2, -0.15) is 0 Å². The van der Waals surface area contributed by atoms with Crippen LogP contribution in [-0.4, -0.2) is 38.8 Å². The van der Waals surface area contributed by atoms with E-state index >= 15 is 0 Å². The summed E-state index contributed by atoms with van der Waals surface area (Å²) >= 11 is 8.02. The summed E-state index contributed by atoms with van der Waals surface area (Å²) in [6.07, 6.45) is 0. The van der Waals surface area contributed by atoms with Crippen LogP contribution in [0, 0.1) is 0 Å². The number of anilines is 2. The molecule has 2 heterocycles. The zero-order chi connectivity index (χ0) is 16.8. The molecule has 0 atom stereocenters. The average Bonchev–Trinajstić information content (AvgIpc) is 3.12. The smallest absolute Gasteiger partial charge is 0.239 e. The van der Waals surface area contributed by atoms with Crippen molar-refractivity contribution in [3.05, 3.63) is 45.6 Å². The van der Waals surface area contributed by atoms with E-state index in [2.05, 4.69) is 15.5 Å². The molecular weight excluding hydrogens is 346 g/mol. The number of amides is 1. The van der Waals surface area contributed by atoms with Crippen LogP contribution in [-0.2, 0) is 16.1 Å². The third kappa shape index (κ3) is 4.41. The molecular formula is C17H20ClN3O2S. The third-order valence-electron chi connectivity index (χ3n) is 3.79. The summed E-state index contributed by atoms with van der Waals surface area (Å²) in [4.78, 5) is 15.4. The largest absolute Gasteiger partial charge is 0.378 e. The van der Waals surface area contributed by atoms with E-state index in [9.17, 15) is 4.79 Å². The van der Waals surface area contributed by atoms with Gasteiger partial charge in [-0.1, -0.05) is 23.7 Å². The van der Waals surface area contributed by atoms with Crippen LogP contribution >= 0.6 is 22.9 Å². The number of thiophene rings is 1. The Morgan fingerprint density at radius 2 is 2.08 bits per heavy atom. The molecule has 1 aromatic carbocycles. The lowest BCUT2D eigenvalue weighted by atomic mass is 10.2. The van der Waals surface area contributed by atoms with Crippen molar-refractivity contribution >= 4 is 40.2 Å². The van der Waals surface area contributed by atoms with Crippen LogP contribution in [0.25, 0.3) is 0 Å². The van der Waals surface area contributed by atoms with Crippen molar-refractivity contribution in [1.29, 1.82) is 0 Å². The number of morpholine rings is 1. The summed E-state index contributed by atoms with van der Waals surface area (Å²) < 4.78 is 5.40.